The Morgan fingerprint density at radius 2 is 2.16 bits per heavy atom. The Bertz CT molecular complexity index is 475. The topological polar surface area (TPSA) is 41.6 Å². The van der Waals surface area contributed by atoms with Crippen molar-refractivity contribution in [1.29, 1.82) is 0 Å². The minimum Gasteiger partial charge on any atom is -0.346 e. The lowest BCUT2D eigenvalue weighted by Crippen LogP contribution is -2.52. The number of nitrogens with one attached hydrogen (secondary N) is 1. The molecule has 1 aromatic carbocycles. The Morgan fingerprint density at radius 3 is 2.89 bits per heavy atom. The van der Waals surface area contributed by atoms with E-state index in [0.29, 0.717) is 0 Å². The van der Waals surface area contributed by atoms with Crippen LogP contribution in [0.5, 0.6) is 0 Å². The summed E-state index contributed by atoms with van der Waals surface area (Å²) >= 11 is 0. The number of aldehydes is 1. The summed E-state index contributed by atoms with van der Waals surface area (Å²) < 4.78 is 18.8. The molecule has 0 spiro atoms. The van der Waals surface area contributed by atoms with Crippen LogP contribution in [0.4, 0.5) is 10.1 Å². The molecule has 2 heterocycles. The second-order valence-electron chi connectivity index (χ2n) is 5.00. The van der Waals surface area contributed by atoms with Crippen molar-refractivity contribution in [2.24, 2.45) is 0 Å². The first kappa shape index (κ1) is 12.6. The van der Waals surface area contributed by atoms with E-state index >= 15 is 0 Å². The zero-order valence-corrected chi connectivity index (χ0v) is 10.6. The van der Waals surface area contributed by atoms with Crippen LogP contribution < -0.4 is 10.2 Å². The third-order valence-electron chi connectivity index (χ3n) is 3.82. The molecular formula is C14H17FN2O2. The maximum absolute atomic E-state index is 13.3. The van der Waals surface area contributed by atoms with Gasteiger partial charge in [0.1, 0.15) is 5.82 Å². The quantitative estimate of drug-likeness (QED) is 0.821. The highest BCUT2D eigenvalue weighted by atomic mass is 19.1. The van der Waals surface area contributed by atoms with Crippen LogP contribution >= 0.6 is 0 Å². The zero-order valence-electron chi connectivity index (χ0n) is 10.6. The molecule has 19 heavy (non-hydrogen) atoms. The van der Waals surface area contributed by atoms with E-state index in [-0.39, 0.29) is 18.5 Å². The predicted octanol–water partition coefficient (Wildman–Crippen LogP) is 1.44. The van der Waals surface area contributed by atoms with Crippen LogP contribution in [0.15, 0.2) is 18.2 Å². The van der Waals surface area contributed by atoms with Crippen LogP contribution in [0.3, 0.4) is 0 Å². The van der Waals surface area contributed by atoms with Crippen LogP contribution in [-0.4, -0.2) is 31.6 Å². The Labute approximate surface area is 111 Å². The molecular weight excluding hydrogens is 247 g/mol. The molecule has 4 nitrogen and oxygen atoms in total. The number of hydrogen-bond donors (Lipinski definition) is 1. The lowest BCUT2D eigenvalue weighted by atomic mass is 10.0. The largest absolute Gasteiger partial charge is 0.346 e. The average molecular weight is 264 g/mol. The highest BCUT2D eigenvalue weighted by Gasteiger charge is 2.33. The first-order valence-electron chi connectivity index (χ1n) is 6.64. The molecule has 1 unspecified atom stereocenters. The van der Waals surface area contributed by atoms with E-state index in [4.69, 9.17) is 4.74 Å². The van der Waals surface area contributed by atoms with Crippen molar-refractivity contribution >= 4 is 12.0 Å². The third-order valence-corrected chi connectivity index (χ3v) is 3.82. The zero-order chi connectivity index (χ0) is 13.2. The standard InChI is InChI=1S/C14H17FN2O2/c15-11-1-2-13-10(7-11)9-19-14(8-18)17(13)12-3-5-16-6-4-12/h1-2,7-8,12,14,16H,3-6,9H2. The van der Waals surface area contributed by atoms with Gasteiger partial charge >= 0.3 is 0 Å². The Kier molecular flexibility index (Phi) is 3.48. The van der Waals surface area contributed by atoms with Gasteiger partial charge in [-0.3, -0.25) is 4.79 Å². The molecule has 0 amide bonds. The van der Waals surface area contributed by atoms with Crippen molar-refractivity contribution in [1.82, 2.24) is 5.32 Å². The van der Waals surface area contributed by atoms with Crippen LogP contribution in [0.2, 0.25) is 0 Å². The highest BCUT2D eigenvalue weighted by Crippen LogP contribution is 2.33. The van der Waals surface area contributed by atoms with Crippen LogP contribution in [-0.2, 0) is 16.1 Å². The molecule has 0 saturated carbocycles. The minimum absolute atomic E-state index is 0.265. The number of rotatable bonds is 2. The summed E-state index contributed by atoms with van der Waals surface area (Å²) in [6.07, 6.45) is 2.20. The van der Waals surface area contributed by atoms with Crippen molar-refractivity contribution in [2.45, 2.75) is 31.7 Å². The van der Waals surface area contributed by atoms with Gasteiger partial charge < -0.3 is 15.0 Å². The lowest BCUT2D eigenvalue weighted by molar-refractivity contribution is -0.120. The molecule has 1 atom stereocenters. The number of benzene rings is 1. The third kappa shape index (κ3) is 2.35. The molecule has 102 valence electrons. The summed E-state index contributed by atoms with van der Waals surface area (Å²) in [4.78, 5) is 13.2. The SMILES string of the molecule is O=CC1OCc2cc(F)ccc2N1C1CCNCC1. The average Bonchev–Trinajstić information content (AvgIpc) is 2.46. The van der Waals surface area contributed by atoms with Crippen LogP contribution in [0.25, 0.3) is 0 Å². The van der Waals surface area contributed by atoms with E-state index in [0.717, 1.165) is 43.5 Å². The van der Waals surface area contributed by atoms with Gasteiger partial charge in [0.2, 0.25) is 0 Å². The van der Waals surface area contributed by atoms with Crippen molar-refractivity contribution < 1.29 is 13.9 Å². The number of hydrogen-bond acceptors (Lipinski definition) is 4. The Balaban J connectivity index is 1.96. The summed E-state index contributed by atoms with van der Waals surface area (Å²) in [5, 5.41) is 3.30. The first-order chi connectivity index (χ1) is 9.29. The smallest absolute Gasteiger partial charge is 0.187 e. The number of halogens is 1. The van der Waals surface area contributed by atoms with Gasteiger partial charge in [0.15, 0.2) is 12.5 Å². The predicted molar refractivity (Wildman–Crippen MR) is 69.4 cm³/mol. The molecule has 5 heteroatoms. The molecule has 3 rings (SSSR count). The van der Waals surface area contributed by atoms with Crippen LogP contribution in [0.1, 0.15) is 18.4 Å². The lowest BCUT2D eigenvalue weighted by Gasteiger charge is -2.43. The van der Waals surface area contributed by atoms with E-state index in [1.165, 1.54) is 12.1 Å². The van der Waals surface area contributed by atoms with E-state index in [1.807, 2.05) is 4.90 Å². The molecule has 0 aromatic heterocycles. The highest BCUT2D eigenvalue weighted by molar-refractivity contribution is 5.68. The normalized spacial score (nSPS) is 24.1. The Morgan fingerprint density at radius 1 is 1.37 bits per heavy atom. The van der Waals surface area contributed by atoms with Gasteiger partial charge in [0.05, 0.1) is 6.61 Å². The number of fused-ring (bicyclic) bond motifs is 1. The van der Waals surface area contributed by atoms with Crippen molar-refractivity contribution in [3.63, 3.8) is 0 Å². The number of piperidine rings is 1. The monoisotopic (exact) mass is 264 g/mol. The number of anilines is 1. The number of carbonyl (C=O) groups excluding carboxylic acids is 1. The fourth-order valence-corrected chi connectivity index (χ4v) is 2.91. The van der Waals surface area contributed by atoms with Crippen molar-refractivity contribution in [2.75, 3.05) is 18.0 Å². The number of ether oxygens (including phenoxy) is 1. The van der Waals surface area contributed by atoms with Gasteiger partial charge in [-0.15, -0.1) is 0 Å². The molecule has 2 aliphatic rings. The fourth-order valence-electron chi connectivity index (χ4n) is 2.91. The van der Waals surface area contributed by atoms with E-state index in [1.54, 1.807) is 6.07 Å². The molecule has 1 N–H and O–H groups in total. The number of nitrogens with zero attached hydrogens (tertiary/aromatic N) is 1. The summed E-state index contributed by atoms with van der Waals surface area (Å²) in [7, 11) is 0. The van der Waals surface area contributed by atoms with Gasteiger partial charge in [-0.1, -0.05) is 0 Å². The van der Waals surface area contributed by atoms with Gasteiger partial charge in [-0.25, -0.2) is 4.39 Å². The van der Waals surface area contributed by atoms with Gasteiger partial charge in [-0.05, 0) is 44.1 Å². The number of carbonyl (C=O) groups is 1. The Hall–Kier alpha value is -1.46. The summed E-state index contributed by atoms with van der Waals surface area (Å²) in [6, 6.07) is 4.96. The maximum atomic E-state index is 13.3. The van der Waals surface area contributed by atoms with Gasteiger partial charge in [0.25, 0.3) is 0 Å². The second-order valence-corrected chi connectivity index (χ2v) is 5.00. The molecule has 1 aromatic rings. The van der Waals surface area contributed by atoms with E-state index in [9.17, 15) is 9.18 Å². The summed E-state index contributed by atoms with van der Waals surface area (Å²) in [5.74, 6) is -0.267. The molecule has 2 aliphatic heterocycles. The molecule has 1 fully saturated rings. The second kappa shape index (κ2) is 5.27. The van der Waals surface area contributed by atoms with Gasteiger partial charge in [-0.2, -0.15) is 0 Å². The summed E-state index contributed by atoms with van der Waals surface area (Å²) in [5.41, 5.74) is 1.74. The molecule has 0 bridgehead atoms. The molecule has 1 saturated heterocycles. The van der Waals surface area contributed by atoms with Gasteiger partial charge in [0, 0.05) is 17.3 Å². The minimum atomic E-state index is -0.555. The molecule has 0 radical (unpaired) electrons. The fraction of sp³-hybridized carbons (Fsp3) is 0.500. The van der Waals surface area contributed by atoms with Crippen LogP contribution in [0, 0.1) is 5.82 Å². The van der Waals surface area contributed by atoms with E-state index < -0.39 is 6.23 Å². The van der Waals surface area contributed by atoms with Crippen molar-refractivity contribution in [3.05, 3.63) is 29.6 Å². The summed E-state index contributed by atoms with van der Waals surface area (Å²) in [6.45, 7) is 2.16. The van der Waals surface area contributed by atoms with E-state index in [2.05, 4.69) is 5.32 Å². The first-order valence-corrected chi connectivity index (χ1v) is 6.64. The van der Waals surface area contributed by atoms with Crippen molar-refractivity contribution in [3.8, 4) is 0 Å². The maximum Gasteiger partial charge on any atom is 0.187 e. The molecule has 0 aliphatic carbocycles.